The van der Waals surface area contributed by atoms with Crippen LogP contribution in [0.25, 0.3) is 0 Å². The topological polar surface area (TPSA) is 64.3 Å². The number of halogens is 1. The van der Waals surface area contributed by atoms with E-state index in [4.69, 9.17) is 10.5 Å². The van der Waals surface area contributed by atoms with Gasteiger partial charge in [0.05, 0.1) is 12.8 Å². The first kappa shape index (κ1) is 13.8. The van der Waals surface area contributed by atoms with Gasteiger partial charge in [0.15, 0.2) is 11.6 Å². The van der Waals surface area contributed by atoms with E-state index >= 15 is 0 Å². The van der Waals surface area contributed by atoms with E-state index in [1.807, 2.05) is 0 Å². The molecule has 0 spiro atoms. The molecule has 0 unspecified atom stereocenters. The standard InChI is InChI=1S/C15H17FN4O/c1-21-13-4-2-3-10(14(13)16)8-20-6-5-12-11(9-20)7-18-15(17)19-12/h2-4,7H,5-6,8-9H2,1H3,(H2,17,18,19). The minimum atomic E-state index is -0.292. The summed E-state index contributed by atoms with van der Waals surface area (Å²) in [6.07, 6.45) is 2.55. The van der Waals surface area contributed by atoms with Gasteiger partial charge in [-0.2, -0.15) is 0 Å². The number of anilines is 1. The molecule has 1 aromatic heterocycles. The first-order valence-electron chi connectivity index (χ1n) is 6.81. The fourth-order valence-electron chi connectivity index (χ4n) is 2.60. The van der Waals surface area contributed by atoms with Gasteiger partial charge >= 0.3 is 0 Å². The average Bonchev–Trinajstić information content (AvgIpc) is 2.49. The first-order valence-corrected chi connectivity index (χ1v) is 6.81. The van der Waals surface area contributed by atoms with Crippen molar-refractivity contribution < 1.29 is 9.13 Å². The summed E-state index contributed by atoms with van der Waals surface area (Å²) in [6, 6.07) is 5.22. The van der Waals surface area contributed by atoms with Crippen molar-refractivity contribution in [3.63, 3.8) is 0 Å². The second-order valence-corrected chi connectivity index (χ2v) is 5.09. The zero-order valence-electron chi connectivity index (χ0n) is 11.8. The lowest BCUT2D eigenvalue weighted by Gasteiger charge is -2.28. The molecule has 1 aliphatic rings. The smallest absolute Gasteiger partial charge is 0.220 e. The predicted molar refractivity (Wildman–Crippen MR) is 77.2 cm³/mol. The number of aromatic nitrogens is 2. The Morgan fingerprint density at radius 1 is 1.43 bits per heavy atom. The summed E-state index contributed by atoms with van der Waals surface area (Å²) in [7, 11) is 1.47. The number of hydrogen-bond donors (Lipinski definition) is 1. The van der Waals surface area contributed by atoms with Gasteiger partial charge in [-0.25, -0.2) is 14.4 Å². The number of hydrogen-bond acceptors (Lipinski definition) is 5. The molecule has 3 rings (SSSR count). The lowest BCUT2D eigenvalue weighted by molar-refractivity contribution is 0.238. The van der Waals surface area contributed by atoms with Gasteiger partial charge in [0.25, 0.3) is 0 Å². The van der Waals surface area contributed by atoms with Crippen molar-refractivity contribution in [3.8, 4) is 5.75 Å². The molecule has 0 saturated heterocycles. The van der Waals surface area contributed by atoms with Gasteiger partial charge in [-0.1, -0.05) is 12.1 Å². The normalized spacial score (nSPS) is 14.8. The summed E-state index contributed by atoms with van der Waals surface area (Å²) in [5.41, 5.74) is 8.27. The molecule has 5 nitrogen and oxygen atoms in total. The Bertz CT molecular complexity index is 662. The molecule has 0 saturated carbocycles. The van der Waals surface area contributed by atoms with Crippen LogP contribution in [0.3, 0.4) is 0 Å². The molecule has 2 heterocycles. The third kappa shape index (κ3) is 2.80. The minimum Gasteiger partial charge on any atom is -0.494 e. The van der Waals surface area contributed by atoms with E-state index < -0.39 is 0 Å². The van der Waals surface area contributed by atoms with Crippen molar-refractivity contribution in [2.75, 3.05) is 19.4 Å². The van der Waals surface area contributed by atoms with E-state index in [0.717, 1.165) is 24.2 Å². The monoisotopic (exact) mass is 288 g/mol. The number of nitrogens with two attached hydrogens (primary N) is 1. The molecule has 2 aromatic rings. The Labute approximate surface area is 122 Å². The van der Waals surface area contributed by atoms with Gasteiger partial charge in [0.1, 0.15) is 0 Å². The summed E-state index contributed by atoms with van der Waals surface area (Å²) in [4.78, 5) is 10.4. The maximum absolute atomic E-state index is 14.2. The number of nitrogens with zero attached hydrogens (tertiary/aromatic N) is 3. The molecule has 0 radical (unpaired) electrons. The SMILES string of the molecule is COc1cccc(CN2CCc3nc(N)ncc3C2)c1F. The van der Waals surface area contributed by atoms with E-state index in [1.165, 1.54) is 7.11 Å². The van der Waals surface area contributed by atoms with Crippen LogP contribution in [0.15, 0.2) is 24.4 Å². The molecule has 0 amide bonds. The summed E-state index contributed by atoms with van der Waals surface area (Å²) in [5.74, 6) is 0.293. The van der Waals surface area contributed by atoms with Crippen LogP contribution in [-0.2, 0) is 19.5 Å². The Balaban J connectivity index is 1.77. The summed E-state index contributed by atoms with van der Waals surface area (Å²) < 4.78 is 19.2. The molecule has 0 fully saturated rings. The second kappa shape index (κ2) is 5.65. The Hall–Kier alpha value is -2.21. The van der Waals surface area contributed by atoms with Crippen LogP contribution in [0, 0.1) is 5.82 Å². The molecule has 21 heavy (non-hydrogen) atoms. The minimum absolute atomic E-state index is 0.279. The third-order valence-electron chi connectivity index (χ3n) is 3.69. The fourth-order valence-corrected chi connectivity index (χ4v) is 2.60. The molecular weight excluding hydrogens is 271 g/mol. The number of ether oxygens (including phenoxy) is 1. The highest BCUT2D eigenvalue weighted by Crippen LogP contribution is 2.24. The van der Waals surface area contributed by atoms with E-state index in [1.54, 1.807) is 24.4 Å². The second-order valence-electron chi connectivity index (χ2n) is 5.09. The highest BCUT2D eigenvalue weighted by atomic mass is 19.1. The predicted octanol–water partition coefficient (Wildman–Crippen LogP) is 1.76. The van der Waals surface area contributed by atoms with Crippen molar-refractivity contribution in [2.45, 2.75) is 19.5 Å². The van der Waals surface area contributed by atoms with Crippen molar-refractivity contribution in [3.05, 3.63) is 47.0 Å². The van der Waals surface area contributed by atoms with Gasteiger partial charge in [-0.15, -0.1) is 0 Å². The molecular formula is C15H17FN4O. The van der Waals surface area contributed by atoms with Crippen molar-refractivity contribution in [2.24, 2.45) is 0 Å². The van der Waals surface area contributed by atoms with Crippen LogP contribution < -0.4 is 10.5 Å². The van der Waals surface area contributed by atoms with Crippen LogP contribution in [0.2, 0.25) is 0 Å². The van der Waals surface area contributed by atoms with Crippen LogP contribution in [0.5, 0.6) is 5.75 Å². The number of rotatable bonds is 3. The Morgan fingerprint density at radius 3 is 3.10 bits per heavy atom. The summed E-state index contributed by atoms with van der Waals surface area (Å²) in [6.45, 7) is 2.05. The van der Waals surface area contributed by atoms with E-state index in [2.05, 4.69) is 14.9 Å². The number of benzene rings is 1. The molecule has 2 N–H and O–H groups in total. The summed E-state index contributed by atoms with van der Waals surface area (Å²) in [5, 5.41) is 0. The van der Waals surface area contributed by atoms with Crippen LogP contribution in [0.1, 0.15) is 16.8 Å². The van der Waals surface area contributed by atoms with Gasteiger partial charge in [0, 0.05) is 43.4 Å². The van der Waals surface area contributed by atoms with Gasteiger partial charge in [0.2, 0.25) is 5.95 Å². The van der Waals surface area contributed by atoms with E-state index in [9.17, 15) is 4.39 Å². The number of nitrogen functional groups attached to an aromatic ring is 1. The lowest BCUT2D eigenvalue weighted by atomic mass is 10.1. The van der Waals surface area contributed by atoms with Crippen molar-refractivity contribution in [1.29, 1.82) is 0 Å². The highest BCUT2D eigenvalue weighted by molar-refractivity contribution is 5.32. The number of methoxy groups -OCH3 is 1. The fraction of sp³-hybridized carbons (Fsp3) is 0.333. The van der Waals surface area contributed by atoms with Gasteiger partial charge < -0.3 is 10.5 Å². The first-order chi connectivity index (χ1) is 10.2. The Kier molecular flexibility index (Phi) is 3.70. The molecule has 0 bridgehead atoms. The lowest BCUT2D eigenvalue weighted by Crippen LogP contribution is -2.31. The highest BCUT2D eigenvalue weighted by Gasteiger charge is 2.20. The molecule has 6 heteroatoms. The summed E-state index contributed by atoms with van der Waals surface area (Å²) >= 11 is 0. The quantitative estimate of drug-likeness (QED) is 0.932. The van der Waals surface area contributed by atoms with Crippen LogP contribution in [0.4, 0.5) is 10.3 Å². The van der Waals surface area contributed by atoms with Crippen LogP contribution in [-0.4, -0.2) is 28.5 Å². The zero-order chi connectivity index (χ0) is 14.8. The molecule has 0 aliphatic carbocycles. The van der Waals surface area contributed by atoms with Crippen LogP contribution >= 0.6 is 0 Å². The van der Waals surface area contributed by atoms with Gasteiger partial charge in [-0.05, 0) is 6.07 Å². The largest absolute Gasteiger partial charge is 0.494 e. The molecule has 0 atom stereocenters. The van der Waals surface area contributed by atoms with Gasteiger partial charge in [-0.3, -0.25) is 4.90 Å². The third-order valence-corrected chi connectivity index (χ3v) is 3.69. The molecule has 110 valence electrons. The zero-order valence-corrected chi connectivity index (χ0v) is 11.8. The van der Waals surface area contributed by atoms with Crippen molar-refractivity contribution in [1.82, 2.24) is 14.9 Å². The maximum Gasteiger partial charge on any atom is 0.220 e. The van der Waals surface area contributed by atoms with E-state index in [0.29, 0.717) is 24.6 Å². The number of fused-ring (bicyclic) bond motifs is 1. The molecule has 1 aromatic carbocycles. The van der Waals surface area contributed by atoms with Crippen molar-refractivity contribution >= 4 is 5.95 Å². The Morgan fingerprint density at radius 2 is 2.29 bits per heavy atom. The molecule has 1 aliphatic heterocycles. The average molecular weight is 288 g/mol. The maximum atomic E-state index is 14.2. The van der Waals surface area contributed by atoms with E-state index in [-0.39, 0.29) is 11.6 Å².